The first-order valence-electron chi connectivity index (χ1n) is 11.6. The summed E-state index contributed by atoms with van der Waals surface area (Å²) < 4.78 is 5.40. The van der Waals surface area contributed by atoms with Crippen molar-refractivity contribution < 1.29 is 9.53 Å². The molecule has 3 rings (SSSR count). The lowest BCUT2D eigenvalue weighted by Gasteiger charge is -2.54. The Kier molecular flexibility index (Phi) is 9.32. The second kappa shape index (κ2) is 10.8. The quantitative estimate of drug-likeness (QED) is 0.400. The highest BCUT2D eigenvalue weighted by Gasteiger charge is 2.57. The summed E-state index contributed by atoms with van der Waals surface area (Å²) in [6.45, 7) is 9.73. The number of hydrogen-bond acceptors (Lipinski definition) is 2. The van der Waals surface area contributed by atoms with Gasteiger partial charge in [-0.3, -0.25) is 4.79 Å². The van der Waals surface area contributed by atoms with Crippen LogP contribution in [0.4, 0.5) is 0 Å². The number of carbonyl (C=O) groups excluding carboxylic acids is 1. The Morgan fingerprint density at radius 3 is 2.44 bits per heavy atom. The monoisotopic (exact) mass is 442 g/mol. The fraction of sp³-hybridized carbons (Fsp3) is 0.958. The van der Waals surface area contributed by atoms with E-state index in [1.165, 1.54) is 51.4 Å². The minimum atomic E-state index is 0.280. The molecule has 0 radical (unpaired) electrons. The van der Waals surface area contributed by atoms with Crippen molar-refractivity contribution in [3.8, 4) is 0 Å². The number of carbonyl (C=O) groups is 1. The number of methoxy groups -OCH3 is 1. The number of ketones is 1. The first-order chi connectivity index (χ1) is 13.1. The number of fused-ring (bicyclic) bond motifs is 3. The molecule has 0 heterocycles. The van der Waals surface area contributed by atoms with Crippen molar-refractivity contribution in [1.82, 2.24) is 0 Å². The van der Waals surface area contributed by atoms with Gasteiger partial charge in [0.2, 0.25) is 0 Å². The summed E-state index contributed by atoms with van der Waals surface area (Å²) in [6.07, 6.45) is 11.8. The van der Waals surface area contributed by atoms with Crippen LogP contribution in [-0.4, -0.2) is 24.8 Å². The molecule has 0 bridgehead atoms. The Balaban J connectivity index is 0.00000126. The molecule has 27 heavy (non-hydrogen) atoms. The molecule has 0 aliphatic heterocycles. The molecule has 2 nitrogen and oxygen atoms in total. The van der Waals surface area contributed by atoms with Crippen LogP contribution in [0.15, 0.2) is 0 Å². The van der Waals surface area contributed by atoms with Crippen molar-refractivity contribution in [2.24, 2.45) is 40.9 Å². The minimum Gasteiger partial charge on any atom is -0.385 e. The van der Waals surface area contributed by atoms with Crippen molar-refractivity contribution in [2.75, 3.05) is 19.0 Å². The number of rotatable bonds is 7. The average molecular weight is 444 g/mol. The van der Waals surface area contributed by atoms with Crippen molar-refractivity contribution in [3.05, 3.63) is 0 Å². The summed E-state index contributed by atoms with van der Waals surface area (Å²) in [4.78, 5) is 12.5. The van der Waals surface area contributed by atoms with Gasteiger partial charge in [-0.1, -0.05) is 56.5 Å². The average Bonchev–Trinajstić information content (AvgIpc) is 3.05. The largest absolute Gasteiger partial charge is 0.385 e. The molecule has 7 atom stereocenters. The minimum absolute atomic E-state index is 0.280. The molecule has 0 saturated heterocycles. The fourth-order valence-corrected chi connectivity index (χ4v) is 7.66. The lowest BCUT2D eigenvalue weighted by Crippen LogP contribution is -2.48. The maximum Gasteiger partial charge on any atom is 0.147 e. The zero-order valence-corrected chi connectivity index (χ0v) is 20.0. The van der Waals surface area contributed by atoms with Gasteiger partial charge >= 0.3 is 0 Å². The van der Waals surface area contributed by atoms with Gasteiger partial charge in [0.1, 0.15) is 5.78 Å². The molecule has 0 amide bonds. The van der Waals surface area contributed by atoms with E-state index in [0.29, 0.717) is 17.0 Å². The van der Waals surface area contributed by atoms with Crippen LogP contribution in [0.25, 0.3) is 0 Å². The van der Waals surface area contributed by atoms with Gasteiger partial charge in [0.15, 0.2) is 0 Å². The standard InChI is InChI=1S/C22H37BrO2.C2H6/c1-4-5-16-15(11-13-25-3)6-7-18-17(16)10-12-22(2)19(18)8-9-20(22)21(24)14-23;1-2/h15-20H,4-14H2,1-3H3;1-2H3. The Morgan fingerprint density at radius 1 is 1.07 bits per heavy atom. The number of ether oxygens (including phenoxy) is 1. The van der Waals surface area contributed by atoms with E-state index in [1.807, 2.05) is 21.0 Å². The second-order valence-corrected chi connectivity index (χ2v) is 9.84. The van der Waals surface area contributed by atoms with E-state index in [9.17, 15) is 4.79 Å². The van der Waals surface area contributed by atoms with Crippen LogP contribution in [0, 0.1) is 40.9 Å². The van der Waals surface area contributed by atoms with Gasteiger partial charge < -0.3 is 4.74 Å². The lowest BCUT2D eigenvalue weighted by molar-refractivity contribution is -0.127. The second-order valence-electron chi connectivity index (χ2n) is 9.28. The lowest BCUT2D eigenvalue weighted by atomic mass is 9.50. The molecule has 7 unspecified atom stereocenters. The van der Waals surface area contributed by atoms with Gasteiger partial charge in [-0.15, -0.1) is 0 Å². The zero-order valence-electron chi connectivity index (χ0n) is 18.4. The van der Waals surface area contributed by atoms with Crippen molar-refractivity contribution in [1.29, 1.82) is 0 Å². The molecule has 0 aromatic carbocycles. The Morgan fingerprint density at radius 2 is 1.81 bits per heavy atom. The van der Waals surface area contributed by atoms with Gasteiger partial charge in [-0.2, -0.15) is 0 Å². The zero-order chi connectivity index (χ0) is 20.0. The number of alkyl halides is 1. The van der Waals surface area contributed by atoms with Gasteiger partial charge in [0.25, 0.3) is 0 Å². The fourth-order valence-electron chi connectivity index (χ4n) is 7.27. The molecule has 3 aliphatic rings. The van der Waals surface area contributed by atoms with Crippen molar-refractivity contribution in [2.45, 2.75) is 85.5 Å². The molecule has 0 aromatic rings. The summed E-state index contributed by atoms with van der Waals surface area (Å²) in [7, 11) is 1.84. The van der Waals surface area contributed by atoms with E-state index in [4.69, 9.17) is 4.74 Å². The number of halogens is 1. The Bertz CT molecular complexity index is 465. The van der Waals surface area contributed by atoms with Crippen LogP contribution in [-0.2, 0) is 9.53 Å². The third-order valence-corrected chi connectivity index (χ3v) is 8.91. The molecule has 0 aromatic heterocycles. The van der Waals surface area contributed by atoms with Gasteiger partial charge in [0, 0.05) is 19.6 Å². The highest BCUT2D eigenvalue weighted by molar-refractivity contribution is 9.09. The summed E-state index contributed by atoms with van der Waals surface area (Å²) in [5, 5.41) is 0.547. The number of Topliss-reactive ketones (excluding diaryl/α,β-unsaturated/α-hetero) is 1. The number of hydrogen-bond donors (Lipinski definition) is 0. The molecule has 3 heteroatoms. The SMILES string of the molecule is CC.CCCC1C(CCOC)CCC2C1CCC1(C)C(C(=O)CBr)CCC21. The summed E-state index contributed by atoms with van der Waals surface area (Å²) >= 11 is 3.44. The van der Waals surface area contributed by atoms with E-state index >= 15 is 0 Å². The maximum atomic E-state index is 12.5. The van der Waals surface area contributed by atoms with Crippen LogP contribution >= 0.6 is 15.9 Å². The molecule has 0 spiro atoms. The Labute approximate surface area is 176 Å². The van der Waals surface area contributed by atoms with Crippen LogP contribution in [0.2, 0.25) is 0 Å². The predicted molar refractivity (Wildman–Crippen MR) is 118 cm³/mol. The summed E-state index contributed by atoms with van der Waals surface area (Å²) in [5.41, 5.74) is 0.280. The first kappa shape index (κ1) is 23.4. The van der Waals surface area contributed by atoms with Gasteiger partial charge in [0.05, 0.1) is 5.33 Å². The summed E-state index contributed by atoms with van der Waals surface area (Å²) in [6, 6.07) is 0. The molecule has 158 valence electrons. The smallest absolute Gasteiger partial charge is 0.147 e. The van der Waals surface area contributed by atoms with Crippen LogP contribution in [0.3, 0.4) is 0 Å². The Hall–Kier alpha value is 0.110. The van der Waals surface area contributed by atoms with Gasteiger partial charge in [-0.05, 0) is 80.0 Å². The predicted octanol–water partition coefficient (Wildman–Crippen LogP) is 6.90. The van der Waals surface area contributed by atoms with Crippen LogP contribution in [0.5, 0.6) is 0 Å². The molecule has 3 saturated carbocycles. The normalized spacial score (nSPS) is 40.5. The molecular weight excluding hydrogens is 400 g/mol. The third kappa shape index (κ3) is 4.65. The summed E-state index contributed by atoms with van der Waals surface area (Å²) in [5.74, 6) is 5.12. The highest BCUT2D eigenvalue weighted by atomic mass is 79.9. The topological polar surface area (TPSA) is 26.3 Å². The van der Waals surface area contributed by atoms with E-state index in [0.717, 1.165) is 42.6 Å². The van der Waals surface area contributed by atoms with E-state index < -0.39 is 0 Å². The molecular formula is C24H43BrO2. The molecule has 3 fully saturated rings. The maximum absolute atomic E-state index is 12.5. The van der Waals surface area contributed by atoms with Crippen molar-refractivity contribution >= 4 is 21.7 Å². The van der Waals surface area contributed by atoms with Crippen LogP contribution < -0.4 is 0 Å². The van der Waals surface area contributed by atoms with Crippen LogP contribution in [0.1, 0.15) is 85.5 Å². The highest BCUT2D eigenvalue weighted by Crippen LogP contribution is 2.63. The first-order valence-corrected chi connectivity index (χ1v) is 12.8. The van der Waals surface area contributed by atoms with Gasteiger partial charge in [-0.25, -0.2) is 0 Å². The third-order valence-electron chi connectivity index (χ3n) is 8.35. The van der Waals surface area contributed by atoms with E-state index in [2.05, 4.69) is 29.8 Å². The van der Waals surface area contributed by atoms with Crippen molar-refractivity contribution in [3.63, 3.8) is 0 Å². The molecule has 0 N–H and O–H groups in total. The molecule has 3 aliphatic carbocycles. The van der Waals surface area contributed by atoms with E-state index in [1.54, 1.807) is 0 Å². The van der Waals surface area contributed by atoms with E-state index in [-0.39, 0.29) is 5.41 Å².